The van der Waals surface area contributed by atoms with Gasteiger partial charge in [0, 0.05) is 29.7 Å². The van der Waals surface area contributed by atoms with Crippen LogP contribution in [0.25, 0.3) is 10.9 Å². The fourth-order valence-electron chi connectivity index (χ4n) is 6.78. The van der Waals surface area contributed by atoms with E-state index in [0.29, 0.717) is 18.6 Å². The predicted molar refractivity (Wildman–Crippen MR) is 130 cm³/mol. The number of fused-ring (bicyclic) bond motifs is 3. The highest BCUT2D eigenvalue weighted by atomic mass is 35.5. The third-order valence-electron chi connectivity index (χ3n) is 8.25. The normalized spacial score (nSPS) is 22.2. The van der Waals surface area contributed by atoms with E-state index in [4.69, 9.17) is 11.6 Å². The van der Waals surface area contributed by atoms with Gasteiger partial charge in [0.15, 0.2) is 0 Å². The number of nitrogens with zero attached hydrogens (tertiary/aromatic N) is 2. The highest BCUT2D eigenvalue weighted by Crippen LogP contribution is 2.36. The average Bonchev–Trinajstić information content (AvgIpc) is 3.13. The number of aromatic nitrogens is 1. The molecule has 0 saturated heterocycles. The molecule has 3 aliphatic rings. The first-order valence-corrected chi connectivity index (χ1v) is 13.3. The first kappa shape index (κ1) is 21.8. The number of aliphatic hydroxyl groups excluding tert-OH is 1. The zero-order valence-electron chi connectivity index (χ0n) is 19.0. The van der Waals surface area contributed by atoms with Gasteiger partial charge in [-0.1, -0.05) is 62.3 Å². The van der Waals surface area contributed by atoms with Crippen molar-refractivity contribution in [1.82, 2.24) is 9.47 Å². The fourth-order valence-corrected chi connectivity index (χ4v) is 7.06. The molecule has 2 saturated carbocycles. The number of hydrogen-bond acceptors (Lipinski definition) is 2. The first-order chi connectivity index (χ1) is 15.2. The summed E-state index contributed by atoms with van der Waals surface area (Å²) in [5.74, 6) is 0. The average molecular weight is 443 g/mol. The SMILES string of the molecule is OC(CN(C1CCCCC1)C1CCCCC1)Cn1c2c(c3cccc(Cl)c31)CCCC2. The maximum atomic E-state index is 11.4. The smallest absolute Gasteiger partial charge is 0.0846 e. The Kier molecular flexibility index (Phi) is 6.93. The van der Waals surface area contributed by atoms with Crippen molar-refractivity contribution in [3.8, 4) is 0 Å². The molecule has 0 spiro atoms. The van der Waals surface area contributed by atoms with Gasteiger partial charge in [0.25, 0.3) is 0 Å². The van der Waals surface area contributed by atoms with Crippen molar-refractivity contribution in [2.24, 2.45) is 0 Å². The van der Waals surface area contributed by atoms with Crippen molar-refractivity contribution in [1.29, 1.82) is 0 Å². The fraction of sp³-hybridized carbons (Fsp3) is 0.704. The Morgan fingerprint density at radius 3 is 2.23 bits per heavy atom. The van der Waals surface area contributed by atoms with Crippen LogP contribution >= 0.6 is 11.6 Å². The van der Waals surface area contributed by atoms with Gasteiger partial charge in [-0.25, -0.2) is 0 Å². The molecule has 0 amide bonds. The van der Waals surface area contributed by atoms with Crippen LogP contribution in [0, 0.1) is 0 Å². The zero-order chi connectivity index (χ0) is 21.2. The number of aliphatic hydroxyl groups is 1. The molecule has 1 aromatic heterocycles. The summed E-state index contributed by atoms with van der Waals surface area (Å²) in [5, 5.41) is 13.5. The van der Waals surface area contributed by atoms with Crippen molar-refractivity contribution < 1.29 is 5.11 Å². The third-order valence-corrected chi connectivity index (χ3v) is 8.55. The maximum absolute atomic E-state index is 11.4. The van der Waals surface area contributed by atoms with E-state index in [1.807, 2.05) is 6.07 Å². The van der Waals surface area contributed by atoms with Gasteiger partial charge in [-0.05, 0) is 63.0 Å². The van der Waals surface area contributed by atoms with Crippen LogP contribution in [0.5, 0.6) is 0 Å². The van der Waals surface area contributed by atoms with Gasteiger partial charge >= 0.3 is 0 Å². The van der Waals surface area contributed by atoms with Gasteiger partial charge in [0.2, 0.25) is 0 Å². The molecule has 31 heavy (non-hydrogen) atoms. The molecule has 2 aromatic rings. The summed E-state index contributed by atoms with van der Waals surface area (Å²) in [6.45, 7) is 1.49. The molecule has 3 aliphatic carbocycles. The van der Waals surface area contributed by atoms with Crippen LogP contribution in [0.2, 0.25) is 5.02 Å². The molecule has 170 valence electrons. The Hall–Kier alpha value is -1.03. The van der Waals surface area contributed by atoms with Gasteiger partial charge in [-0.3, -0.25) is 4.90 Å². The number of benzene rings is 1. The molecular formula is C27H39ClN2O. The van der Waals surface area contributed by atoms with Crippen LogP contribution in [0.15, 0.2) is 18.2 Å². The van der Waals surface area contributed by atoms with E-state index in [9.17, 15) is 5.11 Å². The minimum atomic E-state index is -0.346. The highest BCUT2D eigenvalue weighted by molar-refractivity contribution is 6.35. The molecule has 0 aliphatic heterocycles. The van der Waals surface area contributed by atoms with Gasteiger partial charge in [-0.15, -0.1) is 0 Å². The number of aryl methyl sites for hydroxylation is 1. The lowest BCUT2D eigenvalue weighted by atomic mass is 9.88. The molecule has 1 N–H and O–H groups in total. The predicted octanol–water partition coefficient (Wildman–Crippen LogP) is 6.50. The van der Waals surface area contributed by atoms with Crippen LogP contribution in [-0.4, -0.2) is 39.3 Å². The lowest BCUT2D eigenvalue weighted by Gasteiger charge is -2.42. The molecule has 3 nitrogen and oxygen atoms in total. The van der Waals surface area contributed by atoms with E-state index in [1.165, 1.54) is 93.7 Å². The number of para-hydroxylation sites is 1. The minimum absolute atomic E-state index is 0.346. The van der Waals surface area contributed by atoms with Crippen molar-refractivity contribution in [2.45, 2.75) is 115 Å². The Labute approximate surface area is 192 Å². The van der Waals surface area contributed by atoms with E-state index in [0.717, 1.165) is 29.9 Å². The highest BCUT2D eigenvalue weighted by Gasteiger charge is 2.31. The van der Waals surface area contributed by atoms with Crippen LogP contribution in [-0.2, 0) is 19.4 Å². The van der Waals surface area contributed by atoms with Gasteiger partial charge in [0.1, 0.15) is 0 Å². The lowest BCUT2D eigenvalue weighted by molar-refractivity contribution is 0.0235. The van der Waals surface area contributed by atoms with Gasteiger partial charge in [-0.2, -0.15) is 0 Å². The molecule has 1 atom stereocenters. The van der Waals surface area contributed by atoms with Crippen molar-refractivity contribution in [3.05, 3.63) is 34.5 Å². The number of halogens is 1. The summed E-state index contributed by atoms with van der Waals surface area (Å²) in [6, 6.07) is 7.66. The second kappa shape index (κ2) is 9.85. The molecule has 5 rings (SSSR count). The molecule has 0 bridgehead atoms. The molecule has 1 heterocycles. The summed E-state index contributed by atoms with van der Waals surface area (Å²) >= 11 is 6.70. The Bertz CT molecular complexity index is 861. The van der Waals surface area contributed by atoms with E-state index < -0.39 is 0 Å². The maximum Gasteiger partial charge on any atom is 0.0846 e. The number of rotatable bonds is 6. The monoisotopic (exact) mass is 442 g/mol. The standard InChI is InChI=1S/C27H39ClN2O/c28-25-16-9-15-24-23-14-7-8-17-26(23)30(27(24)25)19-22(31)18-29(20-10-3-1-4-11-20)21-12-5-2-6-13-21/h9,15-16,20-22,31H,1-8,10-14,17-19H2. The largest absolute Gasteiger partial charge is 0.390 e. The van der Waals surface area contributed by atoms with E-state index in [1.54, 1.807) is 0 Å². The summed E-state index contributed by atoms with van der Waals surface area (Å²) in [5.41, 5.74) is 4.06. The van der Waals surface area contributed by atoms with Crippen LogP contribution < -0.4 is 0 Å². The Balaban J connectivity index is 1.39. The zero-order valence-corrected chi connectivity index (χ0v) is 19.8. The molecule has 1 unspecified atom stereocenters. The third kappa shape index (κ3) is 4.56. The van der Waals surface area contributed by atoms with Crippen LogP contribution in [0.4, 0.5) is 0 Å². The molecule has 1 aromatic carbocycles. The molecule has 2 fully saturated rings. The van der Waals surface area contributed by atoms with Crippen LogP contribution in [0.3, 0.4) is 0 Å². The quantitative estimate of drug-likeness (QED) is 0.552. The van der Waals surface area contributed by atoms with E-state index in [2.05, 4.69) is 21.6 Å². The van der Waals surface area contributed by atoms with E-state index in [-0.39, 0.29) is 6.10 Å². The summed E-state index contributed by atoms with van der Waals surface area (Å²) < 4.78 is 2.39. The second-order valence-electron chi connectivity index (χ2n) is 10.3. The summed E-state index contributed by atoms with van der Waals surface area (Å²) in [6.07, 6.45) is 17.9. The summed E-state index contributed by atoms with van der Waals surface area (Å²) in [4.78, 5) is 2.74. The molecule has 4 heteroatoms. The summed E-state index contributed by atoms with van der Waals surface area (Å²) in [7, 11) is 0. The van der Waals surface area contributed by atoms with Gasteiger partial charge < -0.3 is 9.67 Å². The van der Waals surface area contributed by atoms with Gasteiger partial charge in [0.05, 0.1) is 23.2 Å². The first-order valence-electron chi connectivity index (χ1n) is 12.9. The Morgan fingerprint density at radius 1 is 0.903 bits per heavy atom. The van der Waals surface area contributed by atoms with E-state index >= 15 is 0 Å². The van der Waals surface area contributed by atoms with Crippen molar-refractivity contribution in [2.75, 3.05) is 6.54 Å². The minimum Gasteiger partial charge on any atom is -0.390 e. The molecular weight excluding hydrogens is 404 g/mol. The topological polar surface area (TPSA) is 28.4 Å². The lowest BCUT2D eigenvalue weighted by Crippen LogP contribution is -2.49. The molecule has 0 radical (unpaired) electrons. The van der Waals surface area contributed by atoms with Crippen molar-refractivity contribution >= 4 is 22.5 Å². The van der Waals surface area contributed by atoms with Crippen molar-refractivity contribution in [3.63, 3.8) is 0 Å². The Morgan fingerprint density at radius 2 is 1.55 bits per heavy atom. The second-order valence-corrected chi connectivity index (χ2v) is 10.7. The van der Waals surface area contributed by atoms with Crippen LogP contribution in [0.1, 0.15) is 88.3 Å². The number of hydrogen-bond donors (Lipinski definition) is 1.